The van der Waals surface area contributed by atoms with E-state index in [0.717, 1.165) is 46.4 Å². The van der Waals surface area contributed by atoms with Crippen LogP contribution in [0.5, 0.6) is 0 Å². The zero-order chi connectivity index (χ0) is 23.1. The van der Waals surface area contributed by atoms with E-state index in [2.05, 4.69) is 20.3 Å². The molecule has 6 rings (SSSR count). The molecule has 7 nitrogen and oxygen atoms in total. The second-order valence-corrected chi connectivity index (χ2v) is 8.96. The first-order valence-corrected chi connectivity index (χ1v) is 11.5. The molecule has 3 aromatic carbocycles. The van der Waals surface area contributed by atoms with Crippen molar-refractivity contribution >= 4 is 34.2 Å². The van der Waals surface area contributed by atoms with E-state index in [1.807, 2.05) is 77.7 Å². The molecule has 1 saturated carbocycles. The van der Waals surface area contributed by atoms with Crippen LogP contribution in [0, 0.1) is 0 Å². The first-order valence-electron chi connectivity index (χ1n) is 11.1. The Hall–Kier alpha value is -3.97. The molecule has 8 heteroatoms. The molecule has 2 aromatic heterocycles. The molecule has 0 spiro atoms. The third kappa shape index (κ3) is 3.54. The molecule has 1 N–H and O–H groups in total. The van der Waals surface area contributed by atoms with Crippen LogP contribution in [0.25, 0.3) is 22.3 Å². The number of hydrogen-bond acceptors (Lipinski definition) is 4. The molecule has 2 heterocycles. The van der Waals surface area contributed by atoms with E-state index in [1.54, 1.807) is 17.2 Å². The number of aromatic nitrogens is 5. The fraction of sp³-hybridized carbons (Fsp3) is 0.154. The van der Waals surface area contributed by atoms with E-state index >= 15 is 0 Å². The maximum Gasteiger partial charge on any atom is 0.249 e. The van der Waals surface area contributed by atoms with Gasteiger partial charge in [-0.05, 0) is 60.4 Å². The van der Waals surface area contributed by atoms with Gasteiger partial charge in [0.2, 0.25) is 5.91 Å². The molecule has 1 fully saturated rings. The Morgan fingerprint density at radius 1 is 1.06 bits per heavy atom. The van der Waals surface area contributed by atoms with Gasteiger partial charge in [0.1, 0.15) is 12.1 Å². The van der Waals surface area contributed by atoms with Crippen LogP contribution >= 0.6 is 11.6 Å². The largest absolute Gasteiger partial charge is 0.345 e. The summed E-state index contributed by atoms with van der Waals surface area (Å²) in [6, 6.07) is 23.4. The summed E-state index contributed by atoms with van der Waals surface area (Å²) in [5, 5.41) is 9.10. The summed E-state index contributed by atoms with van der Waals surface area (Å²) in [5.74, 6) is -0.0533. The highest BCUT2D eigenvalue weighted by Gasteiger charge is 2.52. The average molecular weight is 469 g/mol. The molecular weight excluding hydrogens is 448 g/mol. The van der Waals surface area contributed by atoms with Crippen LogP contribution in [0.3, 0.4) is 0 Å². The number of amides is 1. The quantitative estimate of drug-likeness (QED) is 0.371. The molecule has 0 aliphatic heterocycles. The molecule has 1 aliphatic rings. The van der Waals surface area contributed by atoms with Gasteiger partial charge in [-0.2, -0.15) is 0 Å². The second-order valence-electron chi connectivity index (χ2n) is 8.52. The van der Waals surface area contributed by atoms with Gasteiger partial charge in [0.05, 0.1) is 29.3 Å². The number of para-hydroxylation sites is 1. The monoisotopic (exact) mass is 468 g/mol. The minimum Gasteiger partial charge on any atom is -0.345 e. The van der Waals surface area contributed by atoms with Crippen LogP contribution in [0.1, 0.15) is 18.4 Å². The van der Waals surface area contributed by atoms with Crippen LogP contribution in [-0.2, 0) is 16.9 Å². The lowest BCUT2D eigenvalue weighted by atomic mass is 10.0. The Morgan fingerprint density at radius 3 is 2.62 bits per heavy atom. The van der Waals surface area contributed by atoms with Crippen molar-refractivity contribution in [2.45, 2.75) is 24.9 Å². The number of imidazole rings is 1. The van der Waals surface area contributed by atoms with Gasteiger partial charge in [-0.1, -0.05) is 53.2 Å². The highest BCUT2D eigenvalue weighted by atomic mass is 35.5. The molecule has 0 radical (unpaired) electrons. The predicted molar refractivity (Wildman–Crippen MR) is 131 cm³/mol. The number of H-pyrrole nitrogens is 1. The summed E-state index contributed by atoms with van der Waals surface area (Å²) in [7, 11) is 0. The number of hydrogen-bond donors (Lipinski definition) is 1. The molecule has 0 saturated heterocycles. The Bertz CT molecular complexity index is 1470. The van der Waals surface area contributed by atoms with Crippen LogP contribution in [-0.4, -0.2) is 30.9 Å². The van der Waals surface area contributed by atoms with Crippen molar-refractivity contribution in [1.82, 2.24) is 25.0 Å². The van der Waals surface area contributed by atoms with Crippen LogP contribution in [0.15, 0.2) is 85.3 Å². The number of carbonyl (C=O) groups is 1. The summed E-state index contributed by atoms with van der Waals surface area (Å²) in [6.45, 7) is 0.0884. The number of fused-ring (bicyclic) bond motifs is 1. The summed E-state index contributed by atoms with van der Waals surface area (Å²) < 4.78 is 1.66. The van der Waals surface area contributed by atoms with Crippen molar-refractivity contribution in [2.75, 3.05) is 4.90 Å². The van der Waals surface area contributed by atoms with Crippen LogP contribution in [0.4, 0.5) is 5.69 Å². The number of benzene rings is 3. The number of nitrogens with one attached hydrogen (secondary N) is 1. The summed E-state index contributed by atoms with van der Waals surface area (Å²) >= 11 is 6.33. The smallest absolute Gasteiger partial charge is 0.249 e. The summed E-state index contributed by atoms with van der Waals surface area (Å²) in [6.07, 6.45) is 5.15. The fourth-order valence-electron chi connectivity index (χ4n) is 4.60. The highest BCUT2D eigenvalue weighted by molar-refractivity contribution is 6.30. The molecule has 0 bridgehead atoms. The first kappa shape index (κ1) is 20.6. The van der Waals surface area contributed by atoms with Crippen molar-refractivity contribution in [3.8, 4) is 11.3 Å². The maximum atomic E-state index is 13.9. The molecule has 0 atom stereocenters. The lowest BCUT2D eigenvalue weighted by Crippen LogP contribution is -2.42. The van der Waals surface area contributed by atoms with Crippen molar-refractivity contribution in [3.63, 3.8) is 0 Å². The van der Waals surface area contributed by atoms with E-state index in [1.165, 1.54) is 0 Å². The SMILES string of the molecule is O=C(Cn1nnc2ccccc21)N(c1ccc(-c2cnc[nH]2)cc1)C1(c2cccc(Cl)c2)CC1. The summed E-state index contributed by atoms with van der Waals surface area (Å²) in [4.78, 5) is 23.0. The topological polar surface area (TPSA) is 79.7 Å². The Labute approximate surface area is 201 Å². The van der Waals surface area contributed by atoms with Crippen molar-refractivity contribution in [1.29, 1.82) is 0 Å². The highest BCUT2D eigenvalue weighted by Crippen LogP contribution is 2.53. The normalized spacial score (nSPS) is 14.3. The lowest BCUT2D eigenvalue weighted by molar-refractivity contribution is -0.120. The van der Waals surface area contributed by atoms with Gasteiger partial charge in [0.25, 0.3) is 0 Å². The molecule has 168 valence electrons. The maximum absolute atomic E-state index is 13.9. The van der Waals surface area contributed by atoms with Gasteiger partial charge in [0.15, 0.2) is 0 Å². The molecule has 5 aromatic rings. The zero-order valence-electron chi connectivity index (χ0n) is 18.2. The third-order valence-electron chi connectivity index (χ3n) is 6.40. The van der Waals surface area contributed by atoms with Gasteiger partial charge in [-0.3, -0.25) is 4.79 Å². The fourth-order valence-corrected chi connectivity index (χ4v) is 4.79. The van der Waals surface area contributed by atoms with Gasteiger partial charge in [-0.15, -0.1) is 5.10 Å². The first-order chi connectivity index (χ1) is 16.6. The standard InChI is InChI=1S/C26H21ClN6O/c27-20-5-3-4-19(14-20)26(12-13-26)33(21-10-8-18(9-11-21)23-15-28-17-29-23)25(34)16-32-24-7-2-1-6-22(24)30-31-32/h1-11,14-15,17H,12-13,16H2,(H,28,29). The average Bonchev–Trinajstić information content (AvgIpc) is 3.27. The van der Waals surface area contributed by atoms with E-state index in [0.29, 0.717) is 5.02 Å². The van der Waals surface area contributed by atoms with Crippen molar-refractivity contribution < 1.29 is 4.79 Å². The van der Waals surface area contributed by atoms with Crippen LogP contribution in [0.2, 0.25) is 5.02 Å². The Kier molecular flexibility index (Phi) is 4.92. The second kappa shape index (κ2) is 8.11. The molecule has 34 heavy (non-hydrogen) atoms. The number of rotatable bonds is 6. The Morgan fingerprint density at radius 2 is 1.88 bits per heavy atom. The number of halogens is 1. The lowest BCUT2D eigenvalue weighted by Gasteiger charge is -2.33. The van der Waals surface area contributed by atoms with Crippen LogP contribution < -0.4 is 4.90 Å². The molecule has 0 unspecified atom stereocenters. The third-order valence-corrected chi connectivity index (χ3v) is 6.64. The minimum absolute atomic E-state index is 0.0533. The molecule has 1 aliphatic carbocycles. The van der Waals surface area contributed by atoms with E-state index in [-0.39, 0.29) is 12.5 Å². The number of carbonyl (C=O) groups excluding carboxylic acids is 1. The number of aromatic amines is 1. The van der Waals surface area contributed by atoms with E-state index in [4.69, 9.17) is 11.6 Å². The van der Waals surface area contributed by atoms with Gasteiger partial charge < -0.3 is 9.88 Å². The minimum atomic E-state index is -0.437. The van der Waals surface area contributed by atoms with Gasteiger partial charge in [0, 0.05) is 10.7 Å². The Balaban J connectivity index is 1.40. The van der Waals surface area contributed by atoms with Crippen molar-refractivity contribution in [3.05, 3.63) is 95.9 Å². The molecule has 1 amide bonds. The van der Waals surface area contributed by atoms with Gasteiger partial charge in [-0.25, -0.2) is 9.67 Å². The predicted octanol–water partition coefficient (Wildman–Crippen LogP) is 5.20. The van der Waals surface area contributed by atoms with E-state index in [9.17, 15) is 4.79 Å². The van der Waals surface area contributed by atoms with E-state index < -0.39 is 5.54 Å². The molecular formula is C26H21ClN6O. The zero-order valence-corrected chi connectivity index (χ0v) is 19.0. The number of nitrogens with zero attached hydrogens (tertiary/aromatic N) is 5. The summed E-state index contributed by atoms with van der Waals surface area (Å²) in [5.41, 5.74) is 4.95. The van der Waals surface area contributed by atoms with Gasteiger partial charge >= 0.3 is 0 Å². The number of anilines is 1. The van der Waals surface area contributed by atoms with Crippen molar-refractivity contribution in [2.24, 2.45) is 0 Å².